The van der Waals surface area contributed by atoms with E-state index in [9.17, 15) is 9.90 Å². The SMILES string of the molecule is O=c1[nH]c(C2Cc3ccccc32)nc(O)c1Br. The number of hydrogen-bond donors (Lipinski definition) is 2. The maximum Gasteiger partial charge on any atom is 0.269 e. The maximum atomic E-state index is 11.5. The first kappa shape index (κ1) is 10.5. The molecule has 0 radical (unpaired) electrons. The van der Waals surface area contributed by atoms with E-state index in [-0.39, 0.29) is 21.8 Å². The highest BCUT2D eigenvalue weighted by molar-refractivity contribution is 9.10. The van der Waals surface area contributed by atoms with E-state index in [1.807, 2.05) is 18.2 Å². The molecule has 1 unspecified atom stereocenters. The van der Waals surface area contributed by atoms with E-state index in [0.717, 1.165) is 12.0 Å². The molecule has 1 atom stereocenters. The lowest BCUT2D eigenvalue weighted by atomic mass is 9.77. The molecule has 17 heavy (non-hydrogen) atoms. The number of nitrogens with one attached hydrogen (secondary N) is 1. The Balaban J connectivity index is 2.07. The number of aromatic amines is 1. The second kappa shape index (κ2) is 3.70. The Morgan fingerprint density at radius 1 is 1.41 bits per heavy atom. The Morgan fingerprint density at radius 2 is 2.18 bits per heavy atom. The Morgan fingerprint density at radius 3 is 2.88 bits per heavy atom. The summed E-state index contributed by atoms with van der Waals surface area (Å²) in [5.74, 6) is 0.348. The molecule has 1 aromatic carbocycles. The Labute approximate surface area is 105 Å². The van der Waals surface area contributed by atoms with E-state index in [1.54, 1.807) is 0 Å². The van der Waals surface area contributed by atoms with Crippen molar-refractivity contribution in [2.75, 3.05) is 0 Å². The quantitative estimate of drug-likeness (QED) is 0.844. The van der Waals surface area contributed by atoms with Gasteiger partial charge in [0.05, 0.1) is 0 Å². The number of halogens is 1. The van der Waals surface area contributed by atoms with Crippen LogP contribution in [0.1, 0.15) is 22.9 Å². The smallest absolute Gasteiger partial charge is 0.269 e. The van der Waals surface area contributed by atoms with Crippen LogP contribution in [0.4, 0.5) is 0 Å². The zero-order valence-corrected chi connectivity index (χ0v) is 10.4. The van der Waals surface area contributed by atoms with Gasteiger partial charge in [-0.05, 0) is 33.5 Å². The summed E-state index contributed by atoms with van der Waals surface area (Å²) in [4.78, 5) is 18.2. The minimum Gasteiger partial charge on any atom is -0.492 e. The molecular weight excluding hydrogens is 284 g/mol. The molecule has 0 aliphatic heterocycles. The topological polar surface area (TPSA) is 66.0 Å². The number of benzene rings is 1. The highest BCUT2D eigenvalue weighted by atomic mass is 79.9. The highest BCUT2D eigenvalue weighted by Crippen LogP contribution is 2.38. The number of aromatic hydroxyl groups is 1. The lowest BCUT2D eigenvalue weighted by Gasteiger charge is -2.29. The van der Waals surface area contributed by atoms with Crippen LogP contribution in [0.15, 0.2) is 33.5 Å². The molecule has 5 heteroatoms. The van der Waals surface area contributed by atoms with Crippen molar-refractivity contribution < 1.29 is 5.11 Å². The lowest BCUT2D eigenvalue weighted by molar-refractivity contribution is 0.440. The molecule has 2 aromatic rings. The van der Waals surface area contributed by atoms with Crippen LogP contribution in [0.25, 0.3) is 0 Å². The molecule has 0 amide bonds. The molecule has 0 saturated heterocycles. The molecule has 2 N–H and O–H groups in total. The van der Waals surface area contributed by atoms with Crippen molar-refractivity contribution in [1.82, 2.24) is 9.97 Å². The van der Waals surface area contributed by atoms with Gasteiger partial charge in [0.25, 0.3) is 5.56 Å². The first-order valence-corrected chi connectivity index (χ1v) is 6.02. The molecule has 1 aromatic heterocycles. The van der Waals surface area contributed by atoms with Crippen LogP contribution in [-0.2, 0) is 6.42 Å². The molecule has 0 fully saturated rings. The Bertz CT molecular complexity index is 651. The molecule has 0 bridgehead atoms. The molecule has 0 spiro atoms. The van der Waals surface area contributed by atoms with Crippen LogP contribution >= 0.6 is 15.9 Å². The summed E-state index contributed by atoms with van der Waals surface area (Å²) in [7, 11) is 0. The van der Waals surface area contributed by atoms with Crippen LogP contribution in [0.5, 0.6) is 5.88 Å². The molecule has 86 valence electrons. The van der Waals surface area contributed by atoms with Crippen molar-refractivity contribution in [1.29, 1.82) is 0 Å². The van der Waals surface area contributed by atoms with Gasteiger partial charge in [-0.25, -0.2) is 0 Å². The zero-order valence-electron chi connectivity index (χ0n) is 8.77. The fourth-order valence-corrected chi connectivity index (χ4v) is 2.32. The van der Waals surface area contributed by atoms with Crippen molar-refractivity contribution in [3.8, 4) is 5.88 Å². The molecule has 1 aliphatic rings. The molecule has 1 aliphatic carbocycles. The van der Waals surface area contributed by atoms with E-state index < -0.39 is 0 Å². The predicted molar refractivity (Wildman–Crippen MR) is 66.2 cm³/mol. The average Bonchev–Trinajstić information content (AvgIpc) is 2.27. The fraction of sp³-hybridized carbons (Fsp3) is 0.167. The van der Waals surface area contributed by atoms with Crippen molar-refractivity contribution in [2.45, 2.75) is 12.3 Å². The second-order valence-electron chi connectivity index (χ2n) is 4.04. The van der Waals surface area contributed by atoms with Gasteiger partial charge in [0.1, 0.15) is 10.3 Å². The number of aromatic nitrogens is 2. The van der Waals surface area contributed by atoms with Gasteiger partial charge in [0, 0.05) is 5.92 Å². The van der Waals surface area contributed by atoms with Crippen LogP contribution in [-0.4, -0.2) is 15.1 Å². The van der Waals surface area contributed by atoms with E-state index in [2.05, 4.69) is 32.0 Å². The number of nitrogens with zero attached hydrogens (tertiary/aromatic N) is 1. The lowest BCUT2D eigenvalue weighted by Crippen LogP contribution is -2.23. The monoisotopic (exact) mass is 292 g/mol. The maximum absolute atomic E-state index is 11.5. The minimum atomic E-state index is -0.350. The third-order valence-electron chi connectivity index (χ3n) is 3.05. The number of rotatable bonds is 1. The average molecular weight is 293 g/mol. The van der Waals surface area contributed by atoms with Crippen molar-refractivity contribution in [2.24, 2.45) is 0 Å². The van der Waals surface area contributed by atoms with Crippen molar-refractivity contribution >= 4 is 15.9 Å². The van der Waals surface area contributed by atoms with Gasteiger partial charge in [0.2, 0.25) is 5.88 Å². The fourth-order valence-electron chi connectivity index (χ4n) is 2.13. The van der Waals surface area contributed by atoms with Gasteiger partial charge < -0.3 is 10.1 Å². The number of fused-ring (bicyclic) bond motifs is 1. The summed E-state index contributed by atoms with van der Waals surface area (Å²) < 4.78 is 0.0776. The van der Waals surface area contributed by atoms with Crippen LogP contribution < -0.4 is 5.56 Å². The van der Waals surface area contributed by atoms with Crippen LogP contribution in [0.3, 0.4) is 0 Å². The van der Waals surface area contributed by atoms with E-state index in [0.29, 0.717) is 5.82 Å². The molecule has 1 heterocycles. The van der Waals surface area contributed by atoms with E-state index in [1.165, 1.54) is 5.56 Å². The Kier molecular flexibility index (Phi) is 2.29. The third-order valence-corrected chi connectivity index (χ3v) is 3.76. The zero-order chi connectivity index (χ0) is 12.0. The summed E-state index contributed by atoms with van der Waals surface area (Å²) in [5, 5.41) is 9.52. The Hall–Kier alpha value is -1.62. The largest absolute Gasteiger partial charge is 0.492 e. The van der Waals surface area contributed by atoms with Crippen LogP contribution in [0.2, 0.25) is 0 Å². The molecule has 3 rings (SSSR count). The summed E-state index contributed by atoms with van der Waals surface area (Å²) in [5.41, 5.74) is 2.08. The first-order chi connectivity index (χ1) is 8.16. The highest BCUT2D eigenvalue weighted by Gasteiger charge is 2.29. The summed E-state index contributed by atoms with van der Waals surface area (Å²) in [6.07, 6.45) is 0.847. The number of H-pyrrole nitrogens is 1. The van der Waals surface area contributed by atoms with Gasteiger partial charge in [-0.1, -0.05) is 24.3 Å². The van der Waals surface area contributed by atoms with Crippen LogP contribution in [0, 0.1) is 0 Å². The van der Waals surface area contributed by atoms with Gasteiger partial charge in [0.15, 0.2) is 0 Å². The van der Waals surface area contributed by atoms with Crippen molar-refractivity contribution in [3.63, 3.8) is 0 Å². The minimum absolute atomic E-state index is 0.0776. The predicted octanol–water partition coefficient (Wildman–Crippen LogP) is 1.93. The summed E-state index contributed by atoms with van der Waals surface area (Å²) in [6, 6.07) is 8.03. The van der Waals surface area contributed by atoms with Gasteiger partial charge >= 0.3 is 0 Å². The van der Waals surface area contributed by atoms with Gasteiger partial charge in [-0.3, -0.25) is 4.79 Å². The second-order valence-corrected chi connectivity index (χ2v) is 4.84. The normalized spacial score (nSPS) is 17.4. The number of hydrogen-bond acceptors (Lipinski definition) is 3. The molecule has 4 nitrogen and oxygen atoms in total. The van der Waals surface area contributed by atoms with E-state index >= 15 is 0 Å². The van der Waals surface area contributed by atoms with Gasteiger partial charge in [-0.2, -0.15) is 4.98 Å². The summed E-state index contributed by atoms with van der Waals surface area (Å²) in [6.45, 7) is 0. The molecular formula is C12H9BrN2O2. The van der Waals surface area contributed by atoms with Gasteiger partial charge in [-0.15, -0.1) is 0 Å². The summed E-state index contributed by atoms with van der Waals surface area (Å²) >= 11 is 2.98. The van der Waals surface area contributed by atoms with Crippen molar-refractivity contribution in [3.05, 3.63) is 56.0 Å². The first-order valence-electron chi connectivity index (χ1n) is 5.23. The standard InChI is InChI=1S/C12H9BrN2O2/c13-9-11(16)14-10(15-12(9)17)8-5-6-3-1-2-4-7(6)8/h1-4,8H,5H2,(H2,14,15,16,17). The third kappa shape index (κ3) is 1.58. The van der Waals surface area contributed by atoms with E-state index in [4.69, 9.17) is 0 Å². The molecule has 0 saturated carbocycles.